The van der Waals surface area contributed by atoms with Crippen LogP contribution in [-0.2, 0) is 0 Å². The fraction of sp³-hybridized carbons (Fsp3) is 0. The van der Waals surface area contributed by atoms with E-state index in [1.165, 1.54) is 12.1 Å². The highest BCUT2D eigenvalue weighted by molar-refractivity contribution is 5.78. The Labute approximate surface area is 102 Å². The van der Waals surface area contributed by atoms with Gasteiger partial charge in [-0.3, -0.25) is 0 Å². The highest BCUT2D eigenvalue weighted by atomic mass is 19.1. The topological polar surface area (TPSA) is 43.1 Å². The fourth-order valence-corrected chi connectivity index (χ4v) is 1.76. The van der Waals surface area contributed by atoms with Crippen molar-refractivity contribution < 1.29 is 8.81 Å². The third-order valence-corrected chi connectivity index (χ3v) is 2.61. The lowest BCUT2D eigenvalue weighted by Gasteiger charge is -2.01. The molecule has 1 aromatic heterocycles. The third-order valence-electron chi connectivity index (χ3n) is 2.61. The van der Waals surface area contributed by atoms with Gasteiger partial charge in [-0.25, -0.2) is 14.2 Å². The molecule has 0 saturated carbocycles. The molecular weight excluding hydrogens is 233 g/mol. The largest absolute Gasteiger partial charge is 0.403 e. The quantitative estimate of drug-likeness (QED) is 0.657. The molecule has 0 aliphatic rings. The van der Waals surface area contributed by atoms with E-state index >= 15 is 0 Å². The number of rotatable bonds is 1. The van der Waals surface area contributed by atoms with E-state index in [4.69, 9.17) is 4.42 Å². The number of para-hydroxylation sites is 1. The molecule has 18 heavy (non-hydrogen) atoms. The van der Waals surface area contributed by atoms with Gasteiger partial charge in [-0.2, -0.15) is 0 Å². The summed E-state index contributed by atoms with van der Waals surface area (Å²) in [7, 11) is 0. The highest BCUT2D eigenvalue weighted by Crippen LogP contribution is 2.18. The first-order valence-corrected chi connectivity index (χ1v) is 5.40. The van der Waals surface area contributed by atoms with Crippen molar-refractivity contribution in [1.29, 1.82) is 0 Å². The minimum atomic E-state index is -0.472. The molecule has 0 aliphatic heterocycles. The summed E-state index contributed by atoms with van der Waals surface area (Å²) in [4.78, 5) is 16.0. The van der Waals surface area contributed by atoms with Crippen LogP contribution in [0.4, 0.5) is 4.39 Å². The second-order valence-electron chi connectivity index (χ2n) is 3.83. The van der Waals surface area contributed by atoms with Gasteiger partial charge in [0.2, 0.25) is 5.89 Å². The molecule has 0 atom stereocenters. The zero-order chi connectivity index (χ0) is 12.5. The summed E-state index contributed by atoms with van der Waals surface area (Å²) in [6.45, 7) is 0. The molecule has 3 rings (SSSR count). The van der Waals surface area contributed by atoms with Crippen molar-refractivity contribution in [3.63, 3.8) is 0 Å². The van der Waals surface area contributed by atoms with Gasteiger partial charge in [0.15, 0.2) is 0 Å². The van der Waals surface area contributed by atoms with Crippen molar-refractivity contribution in [2.75, 3.05) is 0 Å². The van der Waals surface area contributed by atoms with E-state index in [1.54, 1.807) is 36.4 Å². The molecule has 3 nitrogen and oxygen atoms in total. The predicted molar refractivity (Wildman–Crippen MR) is 65.7 cm³/mol. The number of aromatic nitrogens is 1. The standard InChI is InChI=1S/C14H8FNO2/c15-10-5-3-4-9(8-10)13-16-12-7-2-1-6-11(12)14(17)18-13/h1-8H. The zero-order valence-electron chi connectivity index (χ0n) is 9.26. The molecule has 2 aromatic carbocycles. The fourth-order valence-electron chi connectivity index (χ4n) is 1.76. The van der Waals surface area contributed by atoms with Crippen LogP contribution in [0.5, 0.6) is 0 Å². The molecule has 0 spiro atoms. The Morgan fingerprint density at radius 3 is 2.72 bits per heavy atom. The summed E-state index contributed by atoms with van der Waals surface area (Å²) in [6, 6.07) is 12.7. The maximum absolute atomic E-state index is 13.1. The van der Waals surface area contributed by atoms with Gasteiger partial charge >= 0.3 is 5.63 Å². The first-order chi connectivity index (χ1) is 8.74. The lowest BCUT2D eigenvalue weighted by molar-refractivity contribution is 0.517. The summed E-state index contributed by atoms with van der Waals surface area (Å²) in [5.74, 6) is -0.275. The average molecular weight is 241 g/mol. The number of benzene rings is 2. The van der Waals surface area contributed by atoms with E-state index in [2.05, 4.69) is 4.98 Å². The number of nitrogens with zero attached hydrogens (tertiary/aromatic N) is 1. The van der Waals surface area contributed by atoms with Gasteiger partial charge in [0, 0.05) is 5.56 Å². The molecular formula is C14H8FNO2. The molecule has 1 heterocycles. The van der Waals surface area contributed by atoms with Gasteiger partial charge < -0.3 is 4.42 Å². The molecule has 0 fully saturated rings. The van der Waals surface area contributed by atoms with Gasteiger partial charge in [0.25, 0.3) is 0 Å². The molecule has 0 bridgehead atoms. The Balaban J connectivity index is 2.28. The van der Waals surface area contributed by atoms with Crippen molar-refractivity contribution in [3.05, 3.63) is 64.8 Å². The van der Waals surface area contributed by atoms with Crippen LogP contribution in [0.2, 0.25) is 0 Å². The van der Waals surface area contributed by atoms with Crippen LogP contribution in [0, 0.1) is 5.82 Å². The number of halogens is 1. The Kier molecular flexibility index (Phi) is 2.41. The van der Waals surface area contributed by atoms with Crippen LogP contribution in [0.15, 0.2) is 57.7 Å². The lowest BCUT2D eigenvalue weighted by atomic mass is 10.2. The Bertz CT molecular complexity index is 780. The van der Waals surface area contributed by atoms with Crippen molar-refractivity contribution in [2.24, 2.45) is 0 Å². The van der Waals surface area contributed by atoms with Gasteiger partial charge in [0.1, 0.15) is 5.82 Å². The minimum absolute atomic E-state index is 0.123. The van der Waals surface area contributed by atoms with E-state index in [0.717, 1.165) is 0 Å². The van der Waals surface area contributed by atoms with Crippen molar-refractivity contribution in [2.45, 2.75) is 0 Å². The first kappa shape index (κ1) is 10.7. The normalized spacial score (nSPS) is 10.7. The number of hydrogen-bond acceptors (Lipinski definition) is 3. The van der Waals surface area contributed by atoms with Crippen molar-refractivity contribution in [3.8, 4) is 11.5 Å². The van der Waals surface area contributed by atoms with Gasteiger partial charge in [-0.1, -0.05) is 18.2 Å². The van der Waals surface area contributed by atoms with Crippen LogP contribution >= 0.6 is 0 Å². The Morgan fingerprint density at radius 1 is 1.06 bits per heavy atom. The molecule has 0 amide bonds. The molecule has 88 valence electrons. The average Bonchev–Trinajstić information content (AvgIpc) is 2.39. The summed E-state index contributed by atoms with van der Waals surface area (Å²) in [6.07, 6.45) is 0. The predicted octanol–water partition coefficient (Wildman–Crippen LogP) is 2.99. The van der Waals surface area contributed by atoms with Crippen molar-refractivity contribution >= 4 is 10.9 Å². The van der Waals surface area contributed by atoms with Gasteiger partial charge in [-0.05, 0) is 30.3 Å². The van der Waals surface area contributed by atoms with E-state index in [1.807, 2.05) is 0 Å². The second-order valence-corrected chi connectivity index (χ2v) is 3.83. The molecule has 0 N–H and O–H groups in total. The molecule has 4 heteroatoms. The second kappa shape index (κ2) is 4.07. The summed E-state index contributed by atoms with van der Waals surface area (Å²) >= 11 is 0. The number of hydrogen-bond donors (Lipinski definition) is 0. The molecule has 0 saturated heterocycles. The zero-order valence-corrected chi connectivity index (χ0v) is 9.26. The monoisotopic (exact) mass is 241 g/mol. The van der Waals surface area contributed by atoms with Gasteiger partial charge in [-0.15, -0.1) is 0 Å². The number of fused-ring (bicyclic) bond motifs is 1. The van der Waals surface area contributed by atoms with E-state index in [9.17, 15) is 9.18 Å². The molecule has 0 unspecified atom stereocenters. The van der Waals surface area contributed by atoms with Crippen LogP contribution in [-0.4, -0.2) is 4.98 Å². The Morgan fingerprint density at radius 2 is 1.89 bits per heavy atom. The van der Waals surface area contributed by atoms with E-state index < -0.39 is 11.4 Å². The molecule has 3 aromatic rings. The Hall–Kier alpha value is -2.49. The summed E-state index contributed by atoms with van der Waals surface area (Å²) in [5, 5.41) is 0.414. The summed E-state index contributed by atoms with van der Waals surface area (Å²) < 4.78 is 18.2. The van der Waals surface area contributed by atoms with Crippen LogP contribution in [0.3, 0.4) is 0 Å². The lowest BCUT2D eigenvalue weighted by Crippen LogP contribution is -2.02. The maximum atomic E-state index is 13.1. The van der Waals surface area contributed by atoms with E-state index in [0.29, 0.717) is 16.5 Å². The highest BCUT2D eigenvalue weighted by Gasteiger charge is 2.08. The van der Waals surface area contributed by atoms with Crippen LogP contribution in [0.1, 0.15) is 0 Å². The van der Waals surface area contributed by atoms with E-state index in [-0.39, 0.29) is 5.89 Å². The first-order valence-electron chi connectivity index (χ1n) is 5.40. The maximum Gasteiger partial charge on any atom is 0.347 e. The smallest absolute Gasteiger partial charge is 0.347 e. The van der Waals surface area contributed by atoms with Crippen LogP contribution in [0.25, 0.3) is 22.4 Å². The van der Waals surface area contributed by atoms with Crippen LogP contribution < -0.4 is 5.63 Å². The minimum Gasteiger partial charge on any atom is -0.403 e. The van der Waals surface area contributed by atoms with Gasteiger partial charge in [0.05, 0.1) is 10.9 Å². The molecule has 0 radical (unpaired) electrons. The molecule has 0 aliphatic carbocycles. The summed E-state index contributed by atoms with van der Waals surface area (Å²) in [5.41, 5.74) is 0.505. The third kappa shape index (κ3) is 1.78. The SMILES string of the molecule is O=c1oc(-c2cccc(F)c2)nc2ccccc12. The van der Waals surface area contributed by atoms with Crippen molar-refractivity contribution in [1.82, 2.24) is 4.98 Å².